The van der Waals surface area contributed by atoms with Crippen molar-refractivity contribution in [2.75, 3.05) is 46.6 Å². The summed E-state index contributed by atoms with van der Waals surface area (Å²) in [4.78, 5) is 7.68. The SMILES string of the molecule is CN=C(NCCSc1ccccc1)NCc1cccc(OCCN(C)C)c1. The first kappa shape index (κ1) is 21.1. The molecule has 0 saturated heterocycles. The zero-order chi connectivity index (χ0) is 19.3. The molecule has 0 amide bonds. The van der Waals surface area contributed by atoms with Crippen LogP contribution in [-0.2, 0) is 6.54 Å². The highest BCUT2D eigenvalue weighted by molar-refractivity contribution is 7.99. The molecule has 2 N–H and O–H groups in total. The normalized spacial score (nSPS) is 11.5. The van der Waals surface area contributed by atoms with Gasteiger partial charge in [-0.05, 0) is 43.9 Å². The Kier molecular flexibility index (Phi) is 9.58. The average molecular weight is 387 g/mol. The third kappa shape index (κ3) is 8.84. The maximum atomic E-state index is 5.79. The maximum absolute atomic E-state index is 5.79. The minimum Gasteiger partial charge on any atom is -0.492 e. The molecule has 6 heteroatoms. The molecule has 0 atom stereocenters. The lowest BCUT2D eigenvalue weighted by atomic mass is 10.2. The fourth-order valence-corrected chi connectivity index (χ4v) is 3.14. The predicted molar refractivity (Wildman–Crippen MR) is 116 cm³/mol. The van der Waals surface area contributed by atoms with Gasteiger partial charge >= 0.3 is 0 Å². The number of rotatable bonds is 10. The molecule has 27 heavy (non-hydrogen) atoms. The number of nitrogens with zero attached hydrogens (tertiary/aromatic N) is 2. The monoisotopic (exact) mass is 386 g/mol. The van der Waals surface area contributed by atoms with Crippen LogP contribution in [0.3, 0.4) is 0 Å². The maximum Gasteiger partial charge on any atom is 0.191 e. The van der Waals surface area contributed by atoms with E-state index in [1.54, 1.807) is 7.05 Å². The number of guanidine groups is 1. The van der Waals surface area contributed by atoms with E-state index in [0.29, 0.717) is 13.2 Å². The Balaban J connectivity index is 1.70. The van der Waals surface area contributed by atoms with Crippen LogP contribution in [-0.4, -0.2) is 57.5 Å². The van der Waals surface area contributed by atoms with Gasteiger partial charge in [0, 0.05) is 37.3 Å². The number of thioether (sulfide) groups is 1. The molecule has 0 saturated carbocycles. The summed E-state index contributed by atoms with van der Waals surface area (Å²) >= 11 is 1.83. The van der Waals surface area contributed by atoms with Crippen LogP contribution in [0.5, 0.6) is 5.75 Å². The van der Waals surface area contributed by atoms with Crippen LogP contribution in [0.15, 0.2) is 64.5 Å². The first-order valence-electron chi connectivity index (χ1n) is 9.16. The Labute approximate surface area is 167 Å². The highest BCUT2D eigenvalue weighted by Gasteiger charge is 2.01. The molecular formula is C21H30N4OS. The van der Waals surface area contributed by atoms with Gasteiger partial charge < -0.3 is 20.3 Å². The van der Waals surface area contributed by atoms with Crippen molar-refractivity contribution < 1.29 is 4.74 Å². The van der Waals surface area contributed by atoms with Gasteiger partial charge in [-0.3, -0.25) is 4.99 Å². The van der Waals surface area contributed by atoms with Crippen molar-refractivity contribution in [3.05, 3.63) is 60.2 Å². The summed E-state index contributed by atoms with van der Waals surface area (Å²) in [5.74, 6) is 2.70. The highest BCUT2D eigenvalue weighted by atomic mass is 32.2. The lowest BCUT2D eigenvalue weighted by molar-refractivity contribution is 0.261. The number of aliphatic imine (C=N–C) groups is 1. The van der Waals surface area contributed by atoms with E-state index >= 15 is 0 Å². The summed E-state index contributed by atoms with van der Waals surface area (Å²) in [5.41, 5.74) is 1.17. The second-order valence-corrected chi connectivity index (χ2v) is 7.48. The van der Waals surface area contributed by atoms with Gasteiger partial charge in [-0.2, -0.15) is 0 Å². The van der Waals surface area contributed by atoms with Crippen LogP contribution in [0.2, 0.25) is 0 Å². The Bertz CT molecular complexity index is 692. The number of hydrogen-bond acceptors (Lipinski definition) is 4. The van der Waals surface area contributed by atoms with Gasteiger partial charge in [0.05, 0.1) is 0 Å². The van der Waals surface area contributed by atoms with Crippen molar-refractivity contribution in [3.8, 4) is 5.75 Å². The second-order valence-electron chi connectivity index (χ2n) is 6.31. The fourth-order valence-electron chi connectivity index (χ4n) is 2.35. The predicted octanol–water partition coefficient (Wildman–Crippen LogP) is 3.08. The lowest BCUT2D eigenvalue weighted by Gasteiger charge is -2.13. The van der Waals surface area contributed by atoms with Crippen molar-refractivity contribution in [3.63, 3.8) is 0 Å². The van der Waals surface area contributed by atoms with Gasteiger partial charge in [0.15, 0.2) is 5.96 Å². The van der Waals surface area contributed by atoms with Crippen LogP contribution in [0.25, 0.3) is 0 Å². The standard InChI is InChI=1S/C21H30N4OS/c1-22-21(23-12-15-27-20-10-5-4-6-11-20)24-17-18-8-7-9-19(16-18)26-14-13-25(2)3/h4-11,16H,12-15,17H2,1-3H3,(H2,22,23,24). The summed E-state index contributed by atoms with van der Waals surface area (Å²) in [6.07, 6.45) is 0. The minimum atomic E-state index is 0.687. The average Bonchev–Trinajstić information content (AvgIpc) is 2.68. The Morgan fingerprint density at radius 1 is 1.07 bits per heavy atom. The van der Waals surface area contributed by atoms with Crippen molar-refractivity contribution in [1.29, 1.82) is 0 Å². The molecule has 0 spiro atoms. The van der Waals surface area contributed by atoms with E-state index in [0.717, 1.165) is 30.6 Å². The number of benzene rings is 2. The molecule has 0 aliphatic heterocycles. The molecule has 5 nitrogen and oxygen atoms in total. The number of likely N-dealkylation sites (N-methyl/N-ethyl adjacent to an activating group) is 1. The summed E-state index contributed by atoms with van der Waals surface area (Å²) in [7, 11) is 5.88. The quantitative estimate of drug-likeness (QED) is 0.284. The minimum absolute atomic E-state index is 0.687. The molecule has 2 aromatic carbocycles. The van der Waals surface area contributed by atoms with Crippen LogP contribution in [0.4, 0.5) is 0 Å². The van der Waals surface area contributed by atoms with Crippen LogP contribution in [0.1, 0.15) is 5.56 Å². The van der Waals surface area contributed by atoms with Gasteiger partial charge in [-0.1, -0.05) is 30.3 Å². The smallest absolute Gasteiger partial charge is 0.191 e. The Morgan fingerprint density at radius 3 is 2.63 bits per heavy atom. The topological polar surface area (TPSA) is 48.9 Å². The molecule has 0 unspecified atom stereocenters. The van der Waals surface area contributed by atoms with Gasteiger partial charge in [-0.15, -0.1) is 11.8 Å². The summed E-state index contributed by atoms with van der Waals surface area (Å²) in [6, 6.07) is 18.6. The van der Waals surface area contributed by atoms with Crippen molar-refractivity contribution in [2.24, 2.45) is 4.99 Å². The number of nitrogens with one attached hydrogen (secondary N) is 2. The zero-order valence-electron chi connectivity index (χ0n) is 16.4. The van der Waals surface area contributed by atoms with E-state index in [1.165, 1.54) is 10.5 Å². The molecule has 0 bridgehead atoms. The summed E-state index contributed by atoms with van der Waals surface area (Å²) < 4.78 is 5.79. The van der Waals surface area contributed by atoms with Gasteiger partial charge in [0.1, 0.15) is 12.4 Å². The van der Waals surface area contributed by atoms with E-state index < -0.39 is 0 Å². The molecule has 0 heterocycles. The fraction of sp³-hybridized carbons (Fsp3) is 0.381. The van der Waals surface area contributed by atoms with Crippen LogP contribution >= 0.6 is 11.8 Å². The zero-order valence-corrected chi connectivity index (χ0v) is 17.3. The molecule has 2 aromatic rings. The molecule has 146 valence electrons. The Morgan fingerprint density at radius 2 is 1.89 bits per heavy atom. The van der Waals surface area contributed by atoms with E-state index in [2.05, 4.69) is 56.9 Å². The van der Waals surface area contributed by atoms with Crippen LogP contribution < -0.4 is 15.4 Å². The Hall–Kier alpha value is -2.18. The number of ether oxygens (including phenoxy) is 1. The molecule has 0 aromatic heterocycles. The summed E-state index contributed by atoms with van der Waals surface area (Å²) in [5, 5.41) is 6.70. The lowest BCUT2D eigenvalue weighted by Crippen LogP contribution is -2.37. The highest BCUT2D eigenvalue weighted by Crippen LogP contribution is 2.16. The van der Waals surface area contributed by atoms with E-state index in [-0.39, 0.29) is 0 Å². The molecule has 0 aliphatic carbocycles. The second kappa shape index (κ2) is 12.3. The van der Waals surface area contributed by atoms with Crippen molar-refractivity contribution in [1.82, 2.24) is 15.5 Å². The third-order valence-electron chi connectivity index (χ3n) is 3.80. The molecule has 0 fully saturated rings. The first-order chi connectivity index (χ1) is 13.2. The molecular weight excluding hydrogens is 356 g/mol. The van der Waals surface area contributed by atoms with E-state index in [4.69, 9.17) is 4.74 Å². The molecule has 0 radical (unpaired) electrons. The van der Waals surface area contributed by atoms with Gasteiger partial charge in [-0.25, -0.2) is 0 Å². The largest absolute Gasteiger partial charge is 0.492 e. The third-order valence-corrected chi connectivity index (χ3v) is 4.81. The van der Waals surface area contributed by atoms with Crippen molar-refractivity contribution >= 4 is 17.7 Å². The summed E-state index contributed by atoms with van der Waals surface area (Å²) in [6.45, 7) is 3.15. The van der Waals surface area contributed by atoms with Gasteiger partial charge in [0.25, 0.3) is 0 Å². The van der Waals surface area contributed by atoms with E-state index in [9.17, 15) is 0 Å². The number of hydrogen-bond donors (Lipinski definition) is 2. The molecule has 0 aliphatic rings. The molecule has 2 rings (SSSR count). The van der Waals surface area contributed by atoms with Crippen LogP contribution in [0, 0.1) is 0 Å². The van der Waals surface area contributed by atoms with Gasteiger partial charge in [0.2, 0.25) is 0 Å². The van der Waals surface area contributed by atoms with Crippen molar-refractivity contribution in [2.45, 2.75) is 11.4 Å². The van der Waals surface area contributed by atoms with E-state index in [1.807, 2.05) is 44.1 Å². The first-order valence-corrected chi connectivity index (χ1v) is 10.1.